The number of hydrogen-bond donors (Lipinski definition) is 1. The third-order valence-electron chi connectivity index (χ3n) is 12.5. The average molecular weight is 821 g/mol. The van der Waals surface area contributed by atoms with Crippen LogP contribution in [0.5, 0.6) is 0 Å². The first-order valence-electron chi connectivity index (χ1n) is 21.7. The summed E-state index contributed by atoms with van der Waals surface area (Å²) in [6.07, 6.45) is 8.58. The van der Waals surface area contributed by atoms with E-state index in [1.807, 2.05) is 42.5 Å². The minimum atomic E-state index is 0.466. The molecule has 304 valence electrons. The van der Waals surface area contributed by atoms with Gasteiger partial charge in [-0.3, -0.25) is 0 Å². The van der Waals surface area contributed by atoms with Crippen LogP contribution in [0.25, 0.3) is 87.8 Å². The summed E-state index contributed by atoms with van der Waals surface area (Å²) in [7, 11) is 0. The van der Waals surface area contributed by atoms with Crippen molar-refractivity contribution in [3.8, 4) is 11.4 Å². The van der Waals surface area contributed by atoms with Crippen molar-refractivity contribution in [2.45, 2.75) is 6.42 Å². The first-order chi connectivity index (χ1) is 31.6. The number of allylic oxidation sites excluding steroid dienone is 5. The van der Waals surface area contributed by atoms with Gasteiger partial charge in [0, 0.05) is 38.5 Å². The number of hydrogen-bond acceptors (Lipinski definition) is 1. The van der Waals surface area contributed by atoms with Gasteiger partial charge in [-0.25, -0.2) is 4.99 Å². The van der Waals surface area contributed by atoms with E-state index in [2.05, 4.69) is 192 Å². The number of benzene rings is 9. The molecule has 0 fully saturated rings. The first kappa shape index (κ1) is 38.5. The third-order valence-corrected chi connectivity index (χ3v) is 12.5. The minimum Gasteiger partial charge on any atom is -0.383 e. The SMILES string of the molecule is C=C/C=C(\C=C)c1ccc(-n2c3ccccc3c3c4c(ccc5c4ccc4c5c5ccccc5n4-c4cccc(C(N)=N/C(=C\Cc5ccccc5)c5ccccc5)c4)ccc32)cc1. The highest BCUT2D eigenvalue weighted by Crippen LogP contribution is 2.44. The maximum absolute atomic E-state index is 6.93. The van der Waals surface area contributed by atoms with Crippen molar-refractivity contribution in [3.63, 3.8) is 0 Å². The lowest BCUT2D eigenvalue weighted by atomic mass is 9.95. The van der Waals surface area contributed by atoms with Crippen molar-refractivity contribution in [2.75, 3.05) is 0 Å². The van der Waals surface area contributed by atoms with Gasteiger partial charge in [0.25, 0.3) is 0 Å². The molecular formula is C60H44N4. The van der Waals surface area contributed by atoms with Crippen molar-refractivity contribution >= 4 is 82.3 Å². The van der Waals surface area contributed by atoms with Crippen LogP contribution in [0.2, 0.25) is 0 Å². The summed E-state index contributed by atoms with van der Waals surface area (Å²) in [6, 6.07) is 69.2. The Kier molecular flexibility index (Phi) is 9.67. The second-order valence-corrected chi connectivity index (χ2v) is 16.2. The summed E-state index contributed by atoms with van der Waals surface area (Å²) in [5.74, 6) is 0.466. The van der Waals surface area contributed by atoms with E-state index < -0.39 is 0 Å². The lowest BCUT2D eigenvalue weighted by molar-refractivity contribution is 1.18. The van der Waals surface area contributed by atoms with Crippen molar-refractivity contribution in [1.29, 1.82) is 0 Å². The molecule has 9 aromatic carbocycles. The highest BCUT2D eigenvalue weighted by atomic mass is 15.0. The summed E-state index contributed by atoms with van der Waals surface area (Å²) in [5, 5.41) is 9.80. The number of nitrogens with zero attached hydrogens (tertiary/aromatic N) is 3. The Hall–Kier alpha value is -8.47. The number of amidine groups is 1. The maximum Gasteiger partial charge on any atom is 0.131 e. The van der Waals surface area contributed by atoms with Gasteiger partial charge in [0.2, 0.25) is 0 Å². The zero-order chi connectivity index (χ0) is 43.1. The molecule has 0 saturated heterocycles. The van der Waals surface area contributed by atoms with E-state index >= 15 is 0 Å². The Bertz CT molecular complexity index is 3710. The largest absolute Gasteiger partial charge is 0.383 e. The summed E-state index contributed by atoms with van der Waals surface area (Å²) in [5.41, 5.74) is 19.7. The summed E-state index contributed by atoms with van der Waals surface area (Å²) in [6.45, 7) is 7.91. The fourth-order valence-electron chi connectivity index (χ4n) is 9.59. The standard InChI is InChI=1S/C60H44N4/c1-3-16-41(4-2)42-28-32-46(33-29-42)63-54-26-14-12-24-51(54)59-56(63)37-31-44-30-34-49-48(57(44)59)35-38-55-58(49)50-23-11-13-25-53(50)64(55)47-22-15-21-45(39-47)60(61)62-52(43-19-9-6-10-20-43)36-27-40-17-7-5-8-18-40/h3-26,28-39H,1-2,27H2,(H2,61,62)/b41-16+,52-36-. The van der Waals surface area contributed by atoms with Crippen molar-refractivity contribution < 1.29 is 0 Å². The molecular weight excluding hydrogens is 777 g/mol. The fraction of sp³-hybridized carbons (Fsp3) is 0.0167. The van der Waals surface area contributed by atoms with E-state index in [0.29, 0.717) is 5.84 Å². The Balaban J connectivity index is 1.08. The summed E-state index contributed by atoms with van der Waals surface area (Å²) in [4.78, 5) is 5.07. The number of rotatable bonds is 10. The van der Waals surface area contributed by atoms with E-state index in [1.165, 1.54) is 59.7 Å². The van der Waals surface area contributed by atoms with Gasteiger partial charge in [-0.2, -0.15) is 0 Å². The molecule has 11 aromatic rings. The van der Waals surface area contributed by atoms with E-state index in [4.69, 9.17) is 10.7 Å². The number of nitrogens with two attached hydrogens (primary N) is 1. The van der Waals surface area contributed by atoms with Gasteiger partial charge >= 0.3 is 0 Å². The van der Waals surface area contributed by atoms with Gasteiger partial charge in [0.15, 0.2) is 0 Å². The number of aromatic nitrogens is 2. The average Bonchev–Trinajstić information content (AvgIpc) is 3.88. The highest BCUT2D eigenvalue weighted by molar-refractivity contribution is 6.32. The maximum atomic E-state index is 6.93. The monoisotopic (exact) mass is 820 g/mol. The van der Waals surface area contributed by atoms with Gasteiger partial charge in [-0.05, 0) is 98.8 Å². The molecule has 2 heterocycles. The third kappa shape index (κ3) is 6.52. The van der Waals surface area contributed by atoms with Crippen LogP contribution in [-0.4, -0.2) is 15.0 Å². The topological polar surface area (TPSA) is 48.2 Å². The van der Waals surface area contributed by atoms with Crippen LogP contribution in [0.4, 0.5) is 0 Å². The Labute approximate surface area is 372 Å². The van der Waals surface area contributed by atoms with Crippen LogP contribution >= 0.6 is 0 Å². The van der Waals surface area contributed by atoms with E-state index in [0.717, 1.165) is 56.8 Å². The molecule has 0 unspecified atom stereocenters. The van der Waals surface area contributed by atoms with Crippen LogP contribution in [0.15, 0.2) is 237 Å². The smallest absolute Gasteiger partial charge is 0.131 e. The fourth-order valence-corrected chi connectivity index (χ4v) is 9.59. The minimum absolute atomic E-state index is 0.466. The predicted molar refractivity (Wildman–Crippen MR) is 274 cm³/mol. The molecule has 64 heavy (non-hydrogen) atoms. The molecule has 4 nitrogen and oxygen atoms in total. The quantitative estimate of drug-likeness (QED) is 0.0635. The summed E-state index contributed by atoms with van der Waals surface area (Å²) >= 11 is 0. The lowest BCUT2D eigenvalue weighted by Gasteiger charge is -2.12. The molecule has 0 amide bonds. The zero-order valence-electron chi connectivity index (χ0n) is 35.3. The van der Waals surface area contributed by atoms with Crippen molar-refractivity contribution in [2.24, 2.45) is 10.7 Å². The normalized spacial score (nSPS) is 12.6. The molecule has 0 aliphatic carbocycles. The molecule has 4 heteroatoms. The van der Waals surface area contributed by atoms with Crippen molar-refractivity contribution in [1.82, 2.24) is 9.13 Å². The van der Waals surface area contributed by atoms with Gasteiger partial charge in [0.1, 0.15) is 5.84 Å². The Morgan fingerprint density at radius 3 is 1.81 bits per heavy atom. The lowest BCUT2D eigenvalue weighted by Crippen LogP contribution is -2.14. The molecule has 2 N–H and O–H groups in total. The molecule has 0 aliphatic heterocycles. The van der Waals surface area contributed by atoms with Gasteiger partial charge in [-0.1, -0.05) is 183 Å². The van der Waals surface area contributed by atoms with Gasteiger partial charge in [0.05, 0.1) is 27.8 Å². The molecule has 2 aromatic heterocycles. The van der Waals surface area contributed by atoms with Gasteiger partial charge < -0.3 is 14.9 Å². The molecule has 0 bridgehead atoms. The second kappa shape index (κ2) is 16.1. The Morgan fingerprint density at radius 1 is 0.484 bits per heavy atom. The van der Waals surface area contributed by atoms with E-state index in [1.54, 1.807) is 6.08 Å². The number of para-hydroxylation sites is 2. The number of fused-ring (bicyclic) bond motifs is 11. The van der Waals surface area contributed by atoms with Crippen molar-refractivity contribution in [3.05, 3.63) is 254 Å². The van der Waals surface area contributed by atoms with Crippen LogP contribution in [0.1, 0.15) is 22.3 Å². The highest BCUT2D eigenvalue weighted by Gasteiger charge is 2.20. The van der Waals surface area contributed by atoms with E-state index in [9.17, 15) is 0 Å². The second-order valence-electron chi connectivity index (χ2n) is 16.2. The molecule has 0 aliphatic rings. The Morgan fingerprint density at radius 2 is 1.08 bits per heavy atom. The zero-order valence-corrected chi connectivity index (χ0v) is 35.3. The summed E-state index contributed by atoms with van der Waals surface area (Å²) < 4.78 is 4.76. The van der Waals surface area contributed by atoms with Crippen LogP contribution in [0.3, 0.4) is 0 Å². The molecule has 11 rings (SSSR count). The van der Waals surface area contributed by atoms with Crippen LogP contribution in [-0.2, 0) is 6.42 Å². The van der Waals surface area contributed by atoms with Crippen LogP contribution < -0.4 is 5.73 Å². The molecule has 0 saturated carbocycles. The van der Waals surface area contributed by atoms with Crippen LogP contribution in [0, 0.1) is 0 Å². The first-order valence-corrected chi connectivity index (χ1v) is 21.7. The molecule has 0 atom stereocenters. The molecule has 0 spiro atoms. The number of aliphatic imine (C=N–C) groups is 1. The van der Waals surface area contributed by atoms with Gasteiger partial charge in [-0.15, -0.1) is 0 Å². The molecule has 0 radical (unpaired) electrons. The predicted octanol–water partition coefficient (Wildman–Crippen LogP) is 14.9. The van der Waals surface area contributed by atoms with E-state index in [-0.39, 0.29) is 0 Å².